The van der Waals surface area contributed by atoms with E-state index < -0.39 is 11.9 Å². The number of aromatic carboxylic acids is 1. The second-order valence-electron chi connectivity index (χ2n) is 4.46. The van der Waals surface area contributed by atoms with Crippen molar-refractivity contribution in [1.82, 2.24) is 5.01 Å². The van der Waals surface area contributed by atoms with E-state index in [1.807, 2.05) is 0 Å². The average Bonchev–Trinajstić information content (AvgIpc) is 2.43. The lowest BCUT2D eigenvalue weighted by Gasteiger charge is -2.19. The Labute approximate surface area is 119 Å². The molecule has 0 radical (unpaired) electrons. The molecular formula is C13H13N3O5. The molecule has 0 saturated heterocycles. The number of hydrazone groups is 1. The van der Waals surface area contributed by atoms with Crippen LogP contribution >= 0.6 is 0 Å². The second kappa shape index (κ2) is 5.61. The topological polar surface area (TPSA) is 119 Å². The molecule has 1 aliphatic heterocycles. The smallest absolute Gasteiger partial charge is 0.339 e. The van der Waals surface area contributed by atoms with Crippen LogP contribution in [-0.4, -0.2) is 45.8 Å². The minimum atomic E-state index is -1.30. The molecule has 110 valence electrons. The molecular weight excluding hydrogens is 278 g/mol. The second-order valence-corrected chi connectivity index (χ2v) is 4.46. The quantitative estimate of drug-likeness (QED) is 0.706. The maximum absolute atomic E-state index is 12.0. The van der Waals surface area contributed by atoms with Crippen LogP contribution in [-0.2, 0) is 9.59 Å². The van der Waals surface area contributed by atoms with E-state index in [0.717, 1.165) is 11.1 Å². The zero-order valence-corrected chi connectivity index (χ0v) is 11.2. The van der Waals surface area contributed by atoms with Crippen LogP contribution in [0.2, 0.25) is 0 Å². The van der Waals surface area contributed by atoms with Crippen LogP contribution in [0.25, 0.3) is 0 Å². The standard InChI is InChI=1S/C13H13N3O5/c1-16-11(18)5-3-9(15-16)12(19)14-7-2-4-10(17)8(6-7)13(20)21/h2,4,6,17H,3,5H2,1H3,(H,14,19)(H,20,21). The number of nitrogens with one attached hydrogen (secondary N) is 1. The van der Waals surface area contributed by atoms with E-state index in [-0.39, 0.29) is 41.5 Å². The van der Waals surface area contributed by atoms with Crippen molar-refractivity contribution < 1.29 is 24.6 Å². The molecule has 0 fully saturated rings. The third-order valence-electron chi connectivity index (χ3n) is 2.95. The van der Waals surface area contributed by atoms with Crippen molar-refractivity contribution >= 4 is 29.2 Å². The number of carbonyl (C=O) groups excluding carboxylic acids is 2. The Morgan fingerprint density at radius 1 is 1.33 bits per heavy atom. The van der Waals surface area contributed by atoms with Gasteiger partial charge in [-0.05, 0) is 18.2 Å². The van der Waals surface area contributed by atoms with Crippen molar-refractivity contribution in [2.24, 2.45) is 5.10 Å². The van der Waals surface area contributed by atoms with Gasteiger partial charge in [-0.2, -0.15) is 5.10 Å². The maximum Gasteiger partial charge on any atom is 0.339 e. The van der Waals surface area contributed by atoms with Crippen molar-refractivity contribution in [1.29, 1.82) is 0 Å². The predicted octanol–water partition coefficient (Wildman–Crippen LogP) is 0.637. The first-order chi connectivity index (χ1) is 9.88. The molecule has 2 rings (SSSR count). The minimum absolute atomic E-state index is 0.177. The number of amides is 2. The predicted molar refractivity (Wildman–Crippen MR) is 73.1 cm³/mol. The van der Waals surface area contributed by atoms with Crippen LogP contribution in [0.3, 0.4) is 0 Å². The number of phenols is 1. The van der Waals surface area contributed by atoms with Crippen molar-refractivity contribution in [2.75, 3.05) is 12.4 Å². The lowest BCUT2D eigenvalue weighted by molar-refractivity contribution is -0.130. The number of rotatable bonds is 3. The van der Waals surface area contributed by atoms with E-state index in [1.165, 1.54) is 19.2 Å². The van der Waals surface area contributed by atoms with E-state index in [1.54, 1.807) is 0 Å². The van der Waals surface area contributed by atoms with E-state index in [0.29, 0.717) is 0 Å². The summed E-state index contributed by atoms with van der Waals surface area (Å²) in [5, 5.41) is 25.7. The Bertz CT molecular complexity index is 653. The minimum Gasteiger partial charge on any atom is -0.507 e. The molecule has 2 amide bonds. The molecule has 0 aromatic heterocycles. The monoisotopic (exact) mass is 291 g/mol. The molecule has 0 spiro atoms. The Morgan fingerprint density at radius 2 is 2.05 bits per heavy atom. The molecule has 0 aliphatic carbocycles. The van der Waals surface area contributed by atoms with E-state index in [9.17, 15) is 19.5 Å². The van der Waals surface area contributed by atoms with Gasteiger partial charge in [-0.15, -0.1) is 0 Å². The van der Waals surface area contributed by atoms with Gasteiger partial charge in [0.15, 0.2) is 0 Å². The zero-order valence-electron chi connectivity index (χ0n) is 11.2. The molecule has 8 heteroatoms. The van der Waals surface area contributed by atoms with Crippen LogP contribution in [0, 0.1) is 0 Å². The van der Waals surface area contributed by atoms with E-state index in [2.05, 4.69) is 10.4 Å². The molecule has 0 saturated carbocycles. The first kappa shape index (κ1) is 14.5. The summed E-state index contributed by atoms with van der Waals surface area (Å²) in [4.78, 5) is 34.2. The lowest BCUT2D eigenvalue weighted by atomic mass is 10.1. The van der Waals surface area contributed by atoms with Gasteiger partial charge < -0.3 is 15.5 Å². The number of aromatic hydroxyl groups is 1. The van der Waals surface area contributed by atoms with Crippen molar-refractivity contribution in [3.05, 3.63) is 23.8 Å². The molecule has 1 heterocycles. The maximum atomic E-state index is 12.0. The third-order valence-corrected chi connectivity index (χ3v) is 2.95. The summed E-state index contributed by atoms with van der Waals surface area (Å²) in [6.45, 7) is 0. The summed E-state index contributed by atoms with van der Waals surface area (Å²) >= 11 is 0. The van der Waals surface area contributed by atoms with Crippen molar-refractivity contribution in [3.63, 3.8) is 0 Å². The van der Waals surface area contributed by atoms with E-state index in [4.69, 9.17) is 5.11 Å². The van der Waals surface area contributed by atoms with Gasteiger partial charge in [0.2, 0.25) is 5.91 Å². The summed E-state index contributed by atoms with van der Waals surface area (Å²) in [6.07, 6.45) is 0.414. The van der Waals surface area contributed by atoms with Gasteiger partial charge >= 0.3 is 5.97 Å². The Kier molecular flexibility index (Phi) is 3.88. The molecule has 1 aromatic rings. The highest BCUT2D eigenvalue weighted by Crippen LogP contribution is 2.21. The third kappa shape index (κ3) is 3.16. The van der Waals surface area contributed by atoms with Crippen LogP contribution < -0.4 is 5.32 Å². The summed E-state index contributed by atoms with van der Waals surface area (Å²) in [7, 11) is 1.46. The van der Waals surface area contributed by atoms with Gasteiger partial charge in [0.05, 0.1) is 0 Å². The highest BCUT2D eigenvalue weighted by Gasteiger charge is 2.22. The summed E-state index contributed by atoms with van der Waals surface area (Å²) in [5.74, 6) is -2.38. The zero-order chi connectivity index (χ0) is 15.6. The fourth-order valence-electron chi connectivity index (χ4n) is 1.82. The van der Waals surface area contributed by atoms with Crippen molar-refractivity contribution in [3.8, 4) is 5.75 Å². The summed E-state index contributed by atoms with van der Waals surface area (Å²) in [5.41, 5.74) is 0.0881. The van der Waals surface area contributed by atoms with Gasteiger partial charge in [-0.1, -0.05) is 0 Å². The van der Waals surface area contributed by atoms with Gasteiger partial charge in [-0.25, -0.2) is 9.80 Å². The number of hydrogen-bond acceptors (Lipinski definition) is 5. The van der Waals surface area contributed by atoms with Crippen LogP contribution in [0.15, 0.2) is 23.3 Å². The summed E-state index contributed by atoms with van der Waals surface area (Å²) < 4.78 is 0. The first-order valence-electron chi connectivity index (χ1n) is 6.10. The van der Waals surface area contributed by atoms with Gasteiger partial charge in [0, 0.05) is 25.6 Å². The lowest BCUT2D eigenvalue weighted by Crippen LogP contribution is -2.34. The molecule has 21 heavy (non-hydrogen) atoms. The molecule has 0 unspecified atom stereocenters. The number of anilines is 1. The van der Waals surface area contributed by atoms with Gasteiger partial charge in [0.25, 0.3) is 5.91 Å². The molecule has 8 nitrogen and oxygen atoms in total. The van der Waals surface area contributed by atoms with Gasteiger partial charge in [-0.3, -0.25) is 9.59 Å². The Balaban J connectivity index is 2.17. The fourth-order valence-corrected chi connectivity index (χ4v) is 1.82. The van der Waals surface area contributed by atoms with Crippen LogP contribution in [0.1, 0.15) is 23.2 Å². The molecule has 1 aromatic carbocycles. The average molecular weight is 291 g/mol. The Morgan fingerprint density at radius 3 is 2.67 bits per heavy atom. The number of carbonyl (C=O) groups is 3. The highest BCUT2D eigenvalue weighted by molar-refractivity contribution is 6.43. The largest absolute Gasteiger partial charge is 0.507 e. The first-order valence-corrected chi connectivity index (χ1v) is 6.10. The molecule has 0 bridgehead atoms. The van der Waals surface area contributed by atoms with E-state index >= 15 is 0 Å². The number of benzene rings is 1. The normalized spacial score (nSPS) is 14.6. The number of nitrogens with zero attached hydrogens (tertiary/aromatic N) is 2. The molecule has 0 atom stereocenters. The number of carboxylic acid groups (broad SMARTS) is 1. The number of carboxylic acids is 1. The molecule has 3 N–H and O–H groups in total. The highest BCUT2D eigenvalue weighted by atomic mass is 16.4. The van der Waals surface area contributed by atoms with Crippen LogP contribution in [0.4, 0.5) is 5.69 Å². The Hall–Kier alpha value is -2.90. The van der Waals surface area contributed by atoms with Gasteiger partial charge in [0.1, 0.15) is 17.0 Å². The molecule has 1 aliphatic rings. The number of hydrogen-bond donors (Lipinski definition) is 3. The van der Waals surface area contributed by atoms with Crippen molar-refractivity contribution in [2.45, 2.75) is 12.8 Å². The summed E-state index contributed by atoms with van der Waals surface area (Å²) in [6, 6.07) is 3.70. The van der Waals surface area contributed by atoms with Crippen LogP contribution in [0.5, 0.6) is 5.75 Å². The SMILES string of the molecule is CN1N=C(C(=O)Nc2ccc(O)c(C(=O)O)c2)CCC1=O. The fraction of sp³-hybridized carbons (Fsp3) is 0.231.